The normalized spacial score (nSPS) is 8.00. The van der Waals surface area contributed by atoms with Crippen LogP contribution in [0.3, 0.4) is 0 Å². The summed E-state index contributed by atoms with van der Waals surface area (Å²) in [5, 5.41) is 12.5. The number of nitriles is 1. The van der Waals surface area contributed by atoms with E-state index in [0.29, 0.717) is 12.3 Å². The van der Waals surface area contributed by atoms with Gasteiger partial charge in [0.15, 0.2) is 0 Å². The number of hydrogen-bond acceptors (Lipinski definition) is 3. The van der Waals surface area contributed by atoms with Crippen molar-refractivity contribution >= 4 is 17.7 Å². The van der Waals surface area contributed by atoms with Crippen LogP contribution in [-0.4, -0.2) is 18.2 Å². The number of nitrogens with one attached hydrogen (secondary N) is 1. The number of thiocyanates is 1. The zero-order chi connectivity index (χ0) is 7.11. The van der Waals surface area contributed by atoms with Gasteiger partial charge in [0.2, 0.25) is 5.91 Å². The molecule has 0 unspecified atom stereocenters. The third-order valence-corrected chi connectivity index (χ3v) is 1.18. The lowest BCUT2D eigenvalue weighted by molar-refractivity contribution is -0.118. The van der Waals surface area contributed by atoms with Crippen molar-refractivity contribution in [2.75, 3.05) is 12.3 Å². The summed E-state index contributed by atoms with van der Waals surface area (Å²) >= 11 is 1.14. The molecule has 0 aliphatic rings. The van der Waals surface area contributed by atoms with Crippen LogP contribution in [0.25, 0.3) is 0 Å². The predicted octanol–water partition coefficient (Wildman–Crippen LogP) is 0.337. The summed E-state index contributed by atoms with van der Waals surface area (Å²) in [4.78, 5) is 10.2. The van der Waals surface area contributed by atoms with E-state index in [4.69, 9.17) is 5.26 Å². The van der Waals surface area contributed by atoms with Gasteiger partial charge >= 0.3 is 0 Å². The fourth-order valence-electron chi connectivity index (χ4n) is 0.324. The van der Waals surface area contributed by atoms with Crippen molar-refractivity contribution in [1.82, 2.24) is 5.32 Å². The van der Waals surface area contributed by atoms with Crippen LogP contribution in [0.15, 0.2) is 0 Å². The minimum atomic E-state index is -0.0476. The maximum Gasteiger partial charge on any atom is 0.216 e. The molecule has 0 aromatic carbocycles. The molecule has 0 bridgehead atoms. The first kappa shape index (κ1) is 8.31. The maximum absolute atomic E-state index is 10.2. The summed E-state index contributed by atoms with van der Waals surface area (Å²) in [6.07, 6.45) is 0. The highest BCUT2D eigenvalue weighted by Gasteiger charge is 1.88. The first-order valence-electron chi connectivity index (χ1n) is 2.52. The molecule has 0 fully saturated rings. The molecule has 0 aromatic heterocycles. The molecule has 4 heteroatoms. The molecule has 0 rings (SSSR count). The molecule has 1 N–H and O–H groups in total. The van der Waals surface area contributed by atoms with Gasteiger partial charge in [-0.05, 0) is 11.8 Å². The monoisotopic (exact) mass is 144 g/mol. The van der Waals surface area contributed by atoms with Gasteiger partial charge in [-0.3, -0.25) is 4.79 Å². The molecular formula is C5H8N2OS. The highest BCUT2D eigenvalue weighted by atomic mass is 32.2. The van der Waals surface area contributed by atoms with Crippen LogP contribution in [0.4, 0.5) is 0 Å². The van der Waals surface area contributed by atoms with Crippen molar-refractivity contribution in [1.29, 1.82) is 5.26 Å². The minimum absolute atomic E-state index is 0.0476. The molecule has 0 spiro atoms. The standard InChI is InChI=1S/C5H8N2OS/c1-5(8)7-2-3-9-4-6/h2-3H2,1H3,(H,7,8). The summed E-state index contributed by atoms with van der Waals surface area (Å²) in [6, 6.07) is 0. The summed E-state index contributed by atoms with van der Waals surface area (Å²) in [5.41, 5.74) is 0. The second-order valence-electron chi connectivity index (χ2n) is 1.42. The topological polar surface area (TPSA) is 52.9 Å². The Labute approximate surface area is 58.4 Å². The van der Waals surface area contributed by atoms with E-state index in [9.17, 15) is 4.79 Å². The number of thioether (sulfide) groups is 1. The fourth-order valence-corrected chi connectivity index (χ4v) is 0.619. The lowest BCUT2D eigenvalue weighted by atomic mass is 10.6. The third kappa shape index (κ3) is 7.31. The molecule has 0 aliphatic carbocycles. The lowest BCUT2D eigenvalue weighted by Gasteiger charge is -1.95. The first-order valence-corrected chi connectivity index (χ1v) is 3.51. The lowest BCUT2D eigenvalue weighted by Crippen LogP contribution is -2.22. The van der Waals surface area contributed by atoms with Crippen molar-refractivity contribution in [3.05, 3.63) is 0 Å². The van der Waals surface area contributed by atoms with Crippen LogP contribution >= 0.6 is 11.8 Å². The van der Waals surface area contributed by atoms with Gasteiger partial charge in [0, 0.05) is 19.2 Å². The molecule has 0 heterocycles. The minimum Gasteiger partial charge on any atom is -0.355 e. The van der Waals surface area contributed by atoms with Crippen molar-refractivity contribution in [2.24, 2.45) is 0 Å². The number of amides is 1. The van der Waals surface area contributed by atoms with Crippen molar-refractivity contribution < 1.29 is 4.79 Å². The van der Waals surface area contributed by atoms with Crippen LogP contribution in [0, 0.1) is 10.7 Å². The Hall–Kier alpha value is -0.690. The van der Waals surface area contributed by atoms with Crippen LogP contribution in [0.5, 0.6) is 0 Å². The smallest absolute Gasteiger partial charge is 0.216 e. The summed E-state index contributed by atoms with van der Waals surface area (Å²) in [5.74, 6) is 0.615. The molecule has 0 saturated carbocycles. The number of rotatable bonds is 3. The van der Waals surface area contributed by atoms with E-state index in [-0.39, 0.29) is 5.91 Å². The predicted molar refractivity (Wildman–Crippen MR) is 36.8 cm³/mol. The molecule has 1 amide bonds. The van der Waals surface area contributed by atoms with E-state index in [2.05, 4.69) is 5.32 Å². The largest absolute Gasteiger partial charge is 0.355 e. The molecule has 0 atom stereocenters. The van der Waals surface area contributed by atoms with Crippen LogP contribution < -0.4 is 5.32 Å². The zero-order valence-electron chi connectivity index (χ0n) is 5.18. The first-order chi connectivity index (χ1) is 4.27. The van der Waals surface area contributed by atoms with E-state index in [0.717, 1.165) is 11.8 Å². The SMILES string of the molecule is CC(=O)NCCSC#N. The van der Waals surface area contributed by atoms with Gasteiger partial charge < -0.3 is 5.32 Å². The van der Waals surface area contributed by atoms with Gasteiger partial charge in [-0.15, -0.1) is 0 Å². The average Bonchev–Trinajstić information content (AvgIpc) is 1.80. The van der Waals surface area contributed by atoms with E-state index >= 15 is 0 Å². The summed E-state index contributed by atoms with van der Waals surface area (Å²) in [6.45, 7) is 2.03. The van der Waals surface area contributed by atoms with E-state index in [1.54, 1.807) is 0 Å². The van der Waals surface area contributed by atoms with Crippen molar-refractivity contribution in [3.63, 3.8) is 0 Å². The van der Waals surface area contributed by atoms with Gasteiger partial charge in [-0.25, -0.2) is 0 Å². The maximum atomic E-state index is 10.2. The van der Waals surface area contributed by atoms with Gasteiger partial charge in [0.1, 0.15) is 5.40 Å². The van der Waals surface area contributed by atoms with E-state index in [1.807, 2.05) is 5.40 Å². The molecular weight excluding hydrogens is 136 g/mol. The Kier molecular flexibility index (Phi) is 5.03. The quantitative estimate of drug-likeness (QED) is 0.459. The Balaban J connectivity index is 2.94. The van der Waals surface area contributed by atoms with Gasteiger partial charge in [-0.1, -0.05) is 0 Å². The highest BCUT2D eigenvalue weighted by Crippen LogP contribution is 1.91. The van der Waals surface area contributed by atoms with Crippen LogP contribution in [-0.2, 0) is 4.79 Å². The zero-order valence-corrected chi connectivity index (χ0v) is 5.99. The van der Waals surface area contributed by atoms with Gasteiger partial charge in [-0.2, -0.15) is 5.26 Å². The molecule has 0 radical (unpaired) electrons. The Bertz CT molecular complexity index is 129. The summed E-state index contributed by atoms with van der Waals surface area (Å²) in [7, 11) is 0. The number of hydrogen-bond donors (Lipinski definition) is 1. The second-order valence-corrected chi connectivity index (χ2v) is 2.30. The molecule has 0 aromatic rings. The van der Waals surface area contributed by atoms with E-state index < -0.39 is 0 Å². The number of carbonyl (C=O) groups is 1. The molecule has 3 nitrogen and oxygen atoms in total. The third-order valence-electron chi connectivity index (χ3n) is 0.643. The Morgan fingerprint density at radius 2 is 2.56 bits per heavy atom. The molecule has 0 aliphatic heterocycles. The fraction of sp³-hybridized carbons (Fsp3) is 0.600. The van der Waals surface area contributed by atoms with Gasteiger partial charge in [0.05, 0.1) is 0 Å². The Morgan fingerprint density at radius 3 is 3.00 bits per heavy atom. The second kappa shape index (κ2) is 5.45. The number of nitrogens with zero attached hydrogens (tertiary/aromatic N) is 1. The van der Waals surface area contributed by atoms with Crippen molar-refractivity contribution in [2.45, 2.75) is 6.92 Å². The summed E-state index contributed by atoms with van der Waals surface area (Å²) < 4.78 is 0. The van der Waals surface area contributed by atoms with Crippen LogP contribution in [0.2, 0.25) is 0 Å². The van der Waals surface area contributed by atoms with Crippen molar-refractivity contribution in [3.8, 4) is 5.40 Å². The van der Waals surface area contributed by atoms with E-state index in [1.165, 1.54) is 6.92 Å². The average molecular weight is 144 g/mol. The molecule has 9 heavy (non-hydrogen) atoms. The molecule has 50 valence electrons. The molecule has 0 saturated heterocycles. The van der Waals surface area contributed by atoms with Gasteiger partial charge in [0.25, 0.3) is 0 Å². The van der Waals surface area contributed by atoms with Crippen LogP contribution in [0.1, 0.15) is 6.92 Å². The highest BCUT2D eigenvalue weighted by molar-refractivity contribution is 8.03. The number of carbonyl (C=O) groups excluding carboxylic acids is 1. The Morgan fingerprint density at radius 1 is 1.89 bits per heavy atom.